The van der Waals surface area contributed by atoms with Gasteiger partial charge in [0.15, 0.2) is 5.75 Å². The molecule has 1 unspecified atom stereocenters. The summed E-state index contributed by atoms with van der Waals surface area (Å²) in [7, 11) is -4.67. The van der Waals surface area contributed by atoms with Crippen LogP contribution in [0.1, 0.15) is 174 Å². The largest absolute Gasteiger partial charge is 1.00 e. The molecular formula is C39H69NNaO8P. The van der Waals surface area contributed by atoms with Gasteiger partial charge < -0.3 is 23.8 Å². The van der Waals surface area contributed by atoms with Crippen molar-refractivity contribution < 1.29 is 62.8 Å². The van der Waals surface area contributed by atoms with Crippen LogP contribution in [0.3, 0.4) is 0 Å². The van der Waals surface area contributed by atoms with Crippen LogP contribution >= 0.6 is 8.17 Å². The van der Waals surface area contributed by atoms with E-state index >= 15 is 0 Å². The molecule has 0 amide bonds. The van der Waals surface area contributed by atoms with Crippen molar-refractivity contribution in [3.63, 3.8) is 0 Å². The van der Waals surface area contributed by atoms with E-state index in [2.05, 4.69) is 13.8 Å². The summed E-state index contributed by atoms with van der Waals surface area (Å²) >= 11 is 0. The topological polar surface area (TPSA) is 126 Å². The molecule has 1 aromatic carbocycles. The van der Waals surface area contributed by atoms with E-state index in [0.717, 1.165) is 31.9 Å². The molecule has 0 aliphatic rings. The second kappa shape index (κ2) is 35.4. The van der Waals surface area contributed by atoms with Crippen LogP contribution in [-0.2, 0) is 14.0 Å². The van der Waals surface area contributed by atoms with Gasteiger partial charge in [0.1, 0.15) is 12.7 Å². The molecule has 0 aliphatic heterocycles. The molecule has 0 saturated heterocycles. The van der Waals surface area contributed by atoms with Crippen LogP contribution in [0.5, 0.6) is 5.75 Å². The maximum atomic E-state index is 12.6. The SMILES string of the molecule is CCCCCCCCCCCCCCOCC(CO[P+]([O-])([O-])Oc1ccc(/C=C/[N+](=O)[O-])cc1)OCCCCCCCCCCCCCC.[Na+]. The molecule has 0 bridgehead atoms. The Morgan fingerprint density at radius 1 is 0.640 bits per heavy atom. The maximum absolute atomic E-state index is 12.6. The predicted molar refractivity (Wildman–Crippen MR) is 199 cm³/mol. The first-order valence-corrected chi connectivity index (χ1v) is 21.1. The van der Waals surface area contributed by atoms with Crippen molar-refractivity contribution in [3.8, 4) is 5.75 Å². The first-order chi connectivity index (χ1) is 23.9. The van der Waals surface area contributed by atoms with E-state index in [0.29, 0.717) is 18.8 Å². The van der Waals surface area contributed by atoms with Crippen molar-refractivity contribution in [2.75, 3.05) is 26.4 Å². The van der Waals surface area contributed by atoms with E-state index in [4.69, 9.17) is 18.5 Å². The number of hydrogen-bond donors (Lipinski definition) is 0. The summed E-state index contributed by atoms with van der Waals surface area (Å²) in [4.78, 5) is 35.1. The Kier molecular flexibility index (Phi) is 35.0. The number of nitro groups is 1. The minimum Gasteiger partial charge on any atom is -0.627 e. The molecule has 0 radical (unpaired) electrons. The second-order valence-corrected chi connectivity index (χ2v) is 14.7. The van der Waals surface area contributed by atoms with Crippen LogP contribution in [0, 0.1) is 10.1 Å². The molecule has 0 saturated carbocycles. The van der Waals surface area contributed by atoms with E-state index in [1.165, 1.54) is 159 Å². The fraction of sp³-hybridized carbons (Fsp3) is 0.795. The van der Waals surface area contributed by atoms with Crippen LogP contribution in [0.15, 0.2) is 30.5 Å². The fourth-order valence-corrected chi connectivity index (χ4v) is 6.50. The van der Waals surface area contributed by atoms with E-state index in [-0.39, 0.29) is 48.5 Å². The van der Waals surface area contributed by atoms with Gasteiger partial charge in [-0.15, -0.1) is 0 Å². The summed E-state index contributed by atoms with van der Waals surface area (Å²) in [6.45, 7) is 5.71. The Hall–Kier alpha value is -0.610. The zero-order valence-corrected chi connectivity index (χ0v) is 34.9. The molecule has 9 nitrogen and oxygen atoms in total. The molecule has 0 fully saturated rings. The van der Waals surface area contributed by atoms with Crippen LogP contribution in [0.2, 0.25) is 0 Å². The Morgan fingerprint density at radius 3 is 1.50 bits per heavy atom. The normalized spacial score (nSPS) is 12.3. The molecule has 0 N–H and O–H groups in total. The number of benzene rings is 1. The zero-order valence-electron chi connectivity index (χ0n) is 32.0. The van der Waals surface area contributed by atoms with Crippen molar-refractivity contribution in [1.82, 2.24) is 0 Å². The molecule has 1 rings (SSSR count). The van der Waals surface area contributed by atoms with Gasteiger partial charge in [-0.25, -0.2) is 4.52 Å². The standard InChI is InChI=1S/C39H70NO8P.Na/c1-3-5-7-9-11-13-15-17-19-21-23-25-33-45-35-39(46-34-26-24-22-20-18-16-14-12-10-8-6-4-2)36-47-49(43,44)48-38-29-27-37(28-30-38)31-32-40(41)42;/h27-32,39H,3-26,33-36H2,1-2H3,(H,43,44);/q;+1/p-1/b32-31+;. The summed E-state index contributed by atoms with van der Waals surface area (Å²) in [6, 6.07) is 5.90. The van der Waals surface area contributed by atoms with Crippen molar-refractivity contribution in [1.29, 1.82) is 0 Å². The summed E-state index contributed by atoms with van der Waals surface area (Å²) in [5.74, 6) is 0.0637. The quantitative estimate of drug-likeness (QED) is 0.0228. The molecule has 11 heteroatoms. The number of rotatable bonds is 36. The number of unbranched alkanes of at least 4 members (excludes halogenated alkanes) is 22. The third-order valence-electron chi connectivity index (χ3n) is 8.70. The van der Waals surface area contributed by atoms with Crippen molar-refractivity contribution in [3.05, 3.63) is 46.1 Å². The van der Waals surface area contributed by atoms with Crippen LogP contribution < -0.4 is 43.9 Å². The van der Waals surface area contributed by atoms with E-state index < -0.39 is 19.2 Å². The molecule has 0 spiro atoms. The fourth-order valence-electron chi connectivity index (χ4n) is 5.71. The summed E-state index contributed by atoms with van der Waals surface area (Å²) in [6.07, 6.45) is 32.1. The molecule has 0 aromatic heterocycles. The Labute approximate surface area is 327 Å². The summed E-state index contributed by atoms with van der Waals surface area (Å²) in [5.41, 5.74) is 0.544. The van der Waals surface area contributed by atoms with Gasteiger partial charge in [-0.1, -0.05) is 167 Å². The van der Waals surface area contributed by atoms with Crippen molar-refractivity contribution in [2.24, 2.45) is 0 Å². The maximum Gasteiger partial charge on any atom is 1.00 e. The van der Waals surface area contributed by atoms with Gasteiger partial charge in [0.2, 0.25) is 14.4 Å². The Morgan fingerprint density at radius 2 is 1.06 bits per heavy atom. The minimum absolute atomic E-state index is 0. The minimum atomic E-state index is -4.67. The molecular weight excluding hydrogens is 664 g/mol. The van der Waals surface area contributed by atoms with Gasteiger partial charge in [0, 0.05) is 19.3 Å². The molecule has 50 heavy (non-hydrogen) atoms. The van der Waals surface area contributed by atoms with Gasteiger partial charge in [-0.3, -0.25) is 10.1 Å². The van der Waals surface area contributed by atoms with Gasteiger partial charge >= 0.3 is 29.6 Å². The van der Waals surface area contributed by atoms with E-state index in [1.807, 2.05) is 0 Å². The van der Waals surface area contributed by atoms with Crippen molar-refractivity contribution >= 4 is 14.2 Å². The number of hydrogen-bond acceptors (Lipinski definition) is 8. The zero-order chi connectivity index (χ0) is 35.7. The molecule has 1 atom stereocenters. The summed E-state index contributed by atoms with van der Waals surface area (Å²) in [5, 5.41) is 10.5. The number of phosphoric ester groups is 1. The Bertz CT molecular complexity index is 922. The number of nitrogens with zero attached hydrogens (tertiary/aromatic N) is 1. The third kappa shape index (κ3) is 32.1. The Balaban J connectivity index is 0.0000240. The molecule has 0 aliphatic carbocycles. The predicted octanol–water partition coefficient (Wildman–Crippen LogP) is 7.54. The number of phosphoric acid groups is 1. The summed E-state index contributed by atoms with van der Waals surface area (Å²) < 4.78 is 22.2. The van der Waals surface area contributed by atoms with Gasteiger partial charge in [0.05, 0.1) is 11.5 Å². The molecule has 1 aromatic rings. The first kappa shape index (κ1) is 49.4. The average Bonchev–Trinajstić information content (AvgIpc) is 3.08. The van der Waals surface area contributed by atoms with Crippen LogP contribution in [0.25, 0.3) is 6.08 Å². The first-order valence-electron chi connectivity index (χ1n) is 19.6. The van der Waals surface area contributed by atoms with Crippen molar-refractivity contribution in [2.45, 2.75) is 174 Å². The third-order valence-corrected chi connectivity index (χ3v) is 9.60. The van der Waals surface area contributed by atoms with Crippen LogP contribution in [-0.4, -0.2) is 37.5 Å². The van der Waals surface area contributed by atoms with Gasteiger partial charge in [-0.05, 0) is 30.5 Å². The smallest absolute Gasteiger partial charge is 0.627 e. The monoisotopic (exact) mass is 733 g/mol. The van der Waals surface area contributed by atoms with Gasteiger partial charge in [0.25, 0.3) is 0 Å². The molecule has 0 heterocycles. The number of ether oxygens (including phenoxy) is 2. The van der Waals surface area contributed by atoms with Gasteiger partial charge in [-0.2, -0.15) is 0 Å². The van der Waals surface area contributed by atoms with E-state index in [9.17, 15) is 19.9 Å². The van der Waals surface area contributed by atoms with Crippen LogP contribution in [0.4, 0.5) is 0 Å². The van der Waals surface area contributed by atoms with E-state index in [1.54, 1.807) is 0 Å². The molecule has 284 valence electrons. The average molecular weight is 734 g/mol. The second-order valence-electron chi connectivity index (χ2n) is 13.4.